The second-order valence-electron chi connectivity index (χ2n) is 6.16. The standard InChI is InChI=1S/C18H22N2O2S/c1-13(2)17-19-16(12-23-17)18(21)20-8-9-22-15(11-20)10-14-6-4-3-5-7-14/h3-7,12-13,15H,8-11H2,1-2H3/t15-/m0/s1. The smallest absolute Gasteiger partial charge is 0.273 e. The summed E-state index contributed by atoms with van der Waals surface area (Å²) in [6.07, 6.45) is 0.886. The monoisotopic (exact) mass is 330 g/mol. The zero-order valence-electron chi connectivity index (χ0n) is 13.6. The molecule has 0 aliphatic carbocycles. The molecular weight excluding hydrogens is 308 g/mol. The molecule has 2 heterocycles. The number of ether oxygens (including phenoxy) is 1. The fraction of sp³-hybridized carbons (Fsp3) is 0.444. The molecule has 3 rings (SSSR count). The van der Waals surface area contributed by atoms with Gasteiger partial charge < -0.3 is 9.64 Å². The number of thiazole rings is 1. The summed E-state index contributed by atoms with van der Waals surface area (Å²) in [6, 6.07) is 10.3. The Hall–Kier alpha value is -1.72. The van der Waals surface area contributed by atoms with Gasteiger partial charge in [0, 0.05) is 30.8 Å². The minimum absolute atomic E-state index is 0.0227. The van der Waals surface area contributed by atoms with Crippen LogP contribution in [0.25, 0.3) is 0 Å². The molecule has 1 aliphatic heterocycles. The molecular formula is C18H22N2O2S. The lowest BCUT2D eigenvalue weighted by molar-refractivity contribution is -0.0209. The van der Waals surface area contributed by atoms with Gasteiger partial charge in [-0.15, -0.1) is 11.3 Å². The van der Waals surface area contributed by atoms with Crippen molar-refractivity contribution in [3.8, 4) is 0 Å². The first-order valence-corrected chi connectivity index (χ1v) is 8.91. The Bertz CT molecular complexity index is 654. The first kappa shape index (κ1) is 16.1. The molecule has 4 nitrogen and oxygen atoms in total. The van der Waals surface area contributed by atoms with E-state index in [2.05, 4.69) is 31.0 Å². The number of amides is 1. The number of nitrogens with zero attached hydrogens (tertiary/aromatic N) is 2. The van der Waals surface area contributed by atoms with Crippen molar-refractivity contribution in [3.05, 3.63) is 52.0 Å². The summed E-state index contributed by atoms with van der Waals surface area (Å²) in [5.41, 5.74) is 1.81. The van der Waals surface area contributed by atoms with Gasteiger partial charge in [0.15, 0.2) is 0 Å². The lowest BCUT2D eigenvalue weighted by Gasteiger charge is -2.32. The largest absolute Gasteiger partial charge is 0.374 e. The van der Waals surface area contributed by atoms with Gasteiger partial charge in [-0.2, -0.15) is 0 Å². The van der Waals surface area contributed by atoms with Crippen LogP contribution in [0, 0.1) is 0 Å². The van der Waals surface area contributed by atoms with E-state index in [1.165, 1.54) is 5.56 Å². The number of hydrogen-bond acceptors (Lipinski definition) is 4. The number of rotatable bonds is 4. The zero-order valence-corrected chi connectivity index (χ0v) is 14.4. The van der Waals surface area contributed by atoms with Crippen molar-refractivity contribution in [1.82, 2.24) is 9.88 Å². The maximum absolute atomic E-state index is 12.6. The van der Waals surface area contributed by atoms with Crippen molar-refractivity contribution in [1.29, 1.82) is 0 Å². The van der Waals surface area contributed by atoms with E-state index in [9.17, 15) is 4.79 Å². The van der Waals surface area contributed by atoms with Gasteiger partial charge in [-0.05, 0) is 5.56 Å². The van der Waals surface area contributed by atoms with Gasteiger partial charge in [0.1, 0.15) is 5.69 Å². The predicted octanol–water partition coefficient (Wildman–Crippen LogP) is 3.35. The van der Waals surface area contributed by atoms with Gasteiger partial charge in [-0.25, -0.2) is 4.98 Å². The van der Waals surface area contributed by atoms with E-state index >= 15 is 0 Å². The molecule has 1 amide bonds. The first-order valence-electron chi connectivity index (χ1n) is 8.03. The van der Waals surface area contributed by atoms with E-state index in [1.54, 1.807) is 11.3 Å². The van der Waals surface area contributed by atoms with Gasteiger partial charge in [0.25, 0.3) is 5.91 Å². The number of carbonyl (C=O) groups is 1. The van der Waals surface area contributed by atoms with Crippen LogP contribution in [0.1, 0.15) is 40.8 Å². The molecule has 0 radical (unpaired) electrons. The molecule has 23 heavy (non-hydrogen) atoms. The second kappa shape index (κ2) is 7.23. The minimum Gasteiger partial charge on any atom is -0.374 e. The van der Waals surface area contributed by atoms with Crippen molar-refractivity contribution in [2.24, 2.45) is 0 Å². The highest BCUT2D eigenvalue weighted by Crippen LogP contribution is 2.21. The average Bonchev–Trinajstić information content (AvgIpc) is 3.06. The molecule has 1 aliphatic rings. The van der Waals surface area contributed by atoms with Crippen molar-refractivity contribution in [2.75, 3.05) is 19.7 Å². The van der Waals surface area contributed by atoms with Gasteiger partial charge >= 0.3 is 0 Å². The summed E-state index contributed by atoms with van der Waals surface area (Å²) in [5, 5.41) is 2.89. The van der Waals surface area contributed by atoms with Crippen LogP contribution in [-0.4, -0.2) is 41.6 Å². The minimum atomic E-state index is 0.0227. The number of carbonyl (C=O) groups excluding carboxylic acids is 1. The van der Waals surface area contributed by atoms with Gasteiger partial charge in [0.05, 0.1) is 17.7 Å². The average molecular weight is 330 g/mol. The Morgan fingerprint density at radius 3 is 2.87 bits per heavy atom. The fourth-order valence-electron chi connectivity index (χ4n) is 2.72. The Morgan fingerprint density at radius 1 is 1.39 bits per heavy atom. The molecule has 0 bridgehead atoms. The predicted molar refractivity (Wildman–Crippen MR) is 92.0 cm³/mol. The van der Waals surface area contributed by atoms with Crippen LogP contribution in [-0.2, 0) is 11.2 Å². The summed E-state index contributed by atoms with van der Waals surface area (Å²) in [6.45, 7) is 6.04. The molecule has 1 saturated heterocycles. The topological polar surface area (TPSA) is 42.4 Å². The molecule has 122 valence electrons. The second-order valence-corrected chi connectivity index (χ2v) is 7.05. The Morgan fingerprint density at radius 2 is 2.17 bits per heavy atom. The fourth-order valence-corrected chi connectivity index (χ4v) is 3.53. The summed E-state index contributed by atoms with van der Waals surface area (Å²) in [7, 11) is 0. The zero-order chi connectivity index (χ0) is 16.2. The molecule has 2 aromatic rings. The van der Waals surface area contributed by atoms with Crippen LogP contribution in [0.4, 0.5) is 0 Å². The highest BCUT2D eigenvalue weighted by atomic mass is 32.1. The van der Waals surface area contributed by atoms with Crippen LogP contribution in [0.2, 0.25) is 0 Å². The number of benzene rings is 1. The maximum atomic E-state index is 12.6. The van der Waals surface area contributed by atoms with Crippen LogP contribution < -0.4 is 0 Å². The maximum Gasteiger partial charge on any atom is 0.273 e. The summed E-state index contributed by atoms with van der Waals surface area (Å²) < 4.78 is 5.83. The van der Waals surface area contributed by atoms with E-state index in [1.807, 2.05) is 28.5 Å². The van der Waals surface area contributed by atoms with Crippen molar-refractivity contribution < 1.29 is 9.53 Å². The Labute approximate surface area is 141 Å². The molecule has 1 atom stereocenters. The van der Waals surface area contributed by atoms with Gasteiger partial charge in [-0.3, -0.25) is 4.79 Å². The highest BCUT2D eigenvalue weighted by molar-refractivity contribution is 7.09. The van der Waals surface area contributed by atoms with Crippen LogP contribution in [0.5, 0.6) is 0 Å². The van der Waals surface area contributed by atoms with E-state index in [0.717, 1.165) is 11.4 Å². The van der Waals surface area contributed by atoms with E-state index < -0.39 is 0 Å². The summed E-state index contributed by atoms with van der Waals surface area (Å²) in [5.74, 6) is 0.381. The molecule has 5 heteroatoms. The lowest BCUT2D eigenvalue weighted by atomic mass is 10.1. The normalized spacial score (nSPS) is 18.4. The van der Waals surface area contributed by atoms with Crippen molar-refractivity contribution in [3.63, 3.8) is 0 Å². The lowest BCUT2D eigenvalue weighted by Crippen LogP contribution is -2.46. The third kappa shape index (κ3) is 3.98. The van der Waals surface area contributed by atoms with E-state index in [0.29, 0.717) is 31.3 Å². The number of morpholine rings is 1. The van der Waals surface area contributed by atoms with E-state index in [4.69, 9.17) is 4.74 Å². The molecule has 0 saturated carbocycles. The highest BCUT2D eigenvalue weighted by Gasteiger charge is 2.26. The molecule has 0 spiro atoms. The third-order valence-corrected chi connectivity index (χ3v) is 5.11. The van der Waals surface area contributed by atoms with Crippen molar-refractivity contribution >= 4 is 17.2 Å². The molecule has 0 N–H and O–H groups in total. The molecule has 1 fully saturated rings. The molecule has 0 unspecified atom stereocenters. The third-order valence-electron chi connectivity index (χ3n) is 3.97. The molecule has 1 aromatic heterocycles. The first-order chi connectivity index (χ1) is 11.1. The molecule has 1 aromatic carbocycles. The van der Waals surface area contributed by atoms with E-state index in [-0.39, 0.29) is 12.0 Å². The quantitative estimate of drug-likeness (QED) is 0.863. The summed E-state index contributed by atoms with van der Waals surface area (Å²) >= 11 is 1.56. The van der Waals surface area contributed by atoms with Crippen LogP contribution >= 0.6 is 11.3 Å². The van der Waals surface area contributed by atoms with Crippen LogP contribution in [0.3, 0.4) is 0 Å². The van der Waals surface area contributed by atoms with Gasteiger partial charge in [-0.1, -0.05) is 44.2 Å². The Kier molecular flexibility index (Phi) is 5.08. The number of hydrogen-bond donors (Lipinski definition) is 0. The van der Waals surface area contributed by atoms with Gasteiger partial charge in [0.2, 0.25) is 0 Å². The SMILES string of the molecule is CC(C)c1nc(C(=O)N2CCO[C@@H](Cc3ccccc3)C2)cs1. The Balaban J connectivity index is 1.64. The summed E-state index contributed by atoms with van der Waals surface area (Å²) in [4.78, 5) is 19.0. The van der Waals surface area contributed by atoms with Crippen molar-refractivity contribution in [2.45, 2.75) is 32.3 Å². The number of aromatic nitrogens is 1. The van der Waals surface area contributed by atoms with Crippen LogP contribution in [0.15, 0.2) is 35.7 Å².